The minimum absolute atomic E-state index is 0.222. The Morgan fingerprint density at radius 1 is 1.69 bits per heavy atom. The topological polar surface area (TPSA) is 83.0 Å². The maximum atomic E-state index is 10.9. The van der Waals surface area contributed by atoms with Crippen LogP contribution in [0, 0.1) is 0 Å². The summed E-state index contributed by atoms with van der Waals surface area (Å²) in [7, 11) is 3.30. The smallest absolute Gasteiger partial charge is 0.271 e. The molecule has 0 saturated heterocycles. The van der Waals surface area contributed by atoms with Gasteiger partial charge >= 0.3 is 0 Å². The lowest BCUT2D eigenvalue weighted by Gasteiger charge is -2.00. The van der Waals surface area contributed by atoms with Gasteiger partial charge in [0.2, 0.25) is 0 Å². The monoisotopic (exact) mass is 184 g/mol. The molecule has 0 aromatic carbocycles. The number of nitrogens with two attached hydrogens (primary N) is 1. The number of rotatable bonds is 4. The predicted molar refractivity (Wildman–Crippen MR) is 45.1 cm³/mol. The summed E-state index contributed by atoms with van der Waals surface area (Å²) in [5.74, 6) is -0.556. The van der Waals surface area contributed by atoms with Crippen LogP contribution in [-0.4, -0.2) is 34.6 Å². The highest BCUT2D eigenvalue weighted by Crippen LogP contribution is 2.03. The fourth-order valence-corrected chi connectivity index (χ4v) is 1.05. The molecule has 1 amide bonds. The van der Waals surface area contributed by atoms with E-state index in [4.69, 9.17) is 10.5 Å². The van der Waals surface area contributed by atoms with Crippen LogP contribution >= 0.6 is 0 Å². The van der Waals surface area contributed by atoms with E-state index in [0.29, 0.717) is 18.7 Å². The standard InChI is InChI=1S/C7H12N4O2/c1-11-5(3-4-13-2)6(7(8)12)9-10-11/h3-4H2,1-2H3,(H2,8,12). The van der Waals surface area contributed by atoms with Gasteiger partial charge in [-0.2, -0.15) is 0 Å². The second kappa shape index (κ2) is 3.99. The number of aryl methyl sites for hydroxylation is 1. The van der Waals surface area contributed by atoms with Crippen molar-refractivity contribution in [3.05, 3.63) is 11.4 Å². The van der Waals surface area contributed by atoms with Crippen molar-refractivity contribution < 1.29 is 9.53 Å². The first kappa shape index (κ1) is 9.66. The Balaban J connectivity index is 2.88. The summed E-state index contributed by atoms with van der Waals surface area (Å²) < 4.78 is 6.41. The number of carbonyl (C=O) groups excluding carboxylic acids is 1. The molecule has 0 bridgehead atoms. The Bertz CT molecular complexity index is 307. The number of ether oxygens (including phenoxy) is 1. The van der Waals surface area contributed by atoms with E-state index in [-0.39, 0.29) is 5.69 Å². The van der Waals surface area contributed by atoms with E-state index >= 15 is 0 Å². The Morgan fingerprint density at radius 2 is 2.38 bits per heavy atom. The number of amides is 1. The highest BCUT2D eigenvalue weighted by molar-refractivity contribution is 5.91. The second-order valence-electron chi connectivity index (χ2n) is 2.62. The second-order valence-corrected chi connectivity index (χ2v) is 2.62. The summed E-state index contributed by atoms with van der Waals surface area (Å²) >= 11 is 0. The minimum Gasteiger partial charge on any atom is -0.384 e. The summed E-state index contributed by atoms with van der Waals surface area (Å²) in [4.78, 5) is 10.9. The number of methoxy groups -OCH3 is 1. The number of hydrogen-bond donors (Lipinski definition) is 1. The van der Waals surface area contributed by atoms with Crippen LogP contribution in [0.15, 0.2) is 0 Å². The maximum Gasteiger partial charge on any atom is 0.271 e. The first-order valence-corrected chi connectivity index (χ1v) is 3.84. The van der Waals surface area contributed by atoms with Crippen LogP contribution in [0.3, 0.4) is 0 Å². The van der Waals surface area contributed by atoms with Crippen LogP contribution in [-0.2, 0) is 18.2 Å². The molecule has 6 heteroatoms. The third kappa shape index (κ3) is 2.03. The van der Waals surface area contributed by atoms with E-state index in [1.54, 1.807) is 14.2 Å². The van der Waals surface area contributed by atoms with Gasteiger partial charge in [-0.05, 0) is 0 Å². The quantitative estimate of drug-likeness (QED) is 0.657. The lowest BCUT2D eigenvalue weighted by molar-refractivity contribution is 0.0994. The largest absolute Gasteiger partial charge is 0.384 e. The number of hydrogen-bond acceptors (Lipinski definition) is 4. The van der Waals surface area contributed by atoms with Gasteiger partial charge < -0.3 is 10.5 Å². The third-order valence-corrected chi connectivity index (χ3v) is 1.72. The predicted octanol–water partition coefficient (Wildman–Crippen LogP) is -0.897. The summed E-state index contributed by atoms with van der Waals surface area (Å²) in [5, 5.41) is 7.35. The van der Waals surface area contributed by atoms with Crippen molar-refractivity contribution in [3.8, 4) is 0 Å². The van der Waals surface area contributed by atoms with Gasteiger partial charge in [-0.1, -0.05) is 5.21 Å². The SMILES string of the molecule is COCCc1c(C(N)=O)nnn1C. The van der Waals surface area contributed by atoms with Crippen LogP contribution in [0.4, 0.5) is 0 Å². The molecule has 0 unspecified atom stereocenters. The number of aromatic nitrogens is 3. The Morgan fingerprint density at radius 3 is 2.92 bits per heavy atom. The fraction of sp³-hybridized carbons (Fsp3) is 0.571. The van der Waals surface area contributed by atoms with Crippen LogP contribution in [0.5, 0.6) is 0 Å². The average Bonchev–Trinajstić information content (AvgIpc) is 2.43. The van der Waals surface area contributed by atoms with E-state index in [1.807, 2.05) is 0 Å². The number of primary amides is 1. The summed E-state index contributed by atoms with van der Waals surface area (Å²) in [6.45, 7) is 0.515. The van der Waals surface area contributed by atoms with Crippen molar-refractivity contribution in [1.29, 1.82) is 0 Å². The van der Waals surface area contributed by atoms with Gasteiger partial charge in [-0.15, -0.1) is 5.10 Å². The molecule has 72 valence electrons. The van der Waals surface area contributed by atoms with Crippen LogP contribution in [0.2, 0.25) is 0 Å². The van der Waals surface area contributed by atoms with E-state index in [9.17, 15) is 4.79 Å². The zero-order valence-electron chi connectivity index (χ0n) is 7.65. The van der Waals surface area contributed by atoms with Gasteiger partial charge in [0, 0.05) is 20.6 Å². The highest BCUT2D eigenvalue weighted by Gasteiger charge is 2.14. The molecule has 0 aliphatic rings. The van der Waals surface area contributed by atoms with Crippen molar-refractivity contribution >= 4 is 5.91 Å². The molecule has 6 nitrogen and oxygen atoms in total. The molecule has 2 N–H and O–H groups in total. The molecule has 0 fully saturated rings. The zero-order valence-corrected chi connectivity index (χ0v) is 7.65. The Hall–Kier alpha value is -1.43. The van der Waals surface area contributed by atoms with E-state index in [1.165, 1.54) is 4.68 Å². The molecule has 0 saturated carbocycles. The van der Waals surface area contributed by atoms with E-state index in [0.717, 1.165) is 0 Å². The Labute approximate surface area is 75.7 Å². The molecule has 13 heavy (non-hydrogen) atoms. The van der Waals surface area contributed by atoms with Gasteiger partial charge in [-0.25, -0.2) is 0 Å². The minimum atomic E-state index is -0.556. The third-order valence-electron chi connectivity index (χ3n) is 1.72. The molecule has 0 spiro atoms. The summed E-state index contributed by atoms with van der Waals surface area (Å²) in [5.41, 5.74) is 6.03. The number of nitrogens with zero attached hydrogens (tertiary/aromatic N) is 3. The van der Waals surface area contributed by atoms with Crippen molar-refractivity contribution in [2.24, 2.45) is 12.8 Å². The van der Waals surface area contributed by atoms with Gasteiger partial charge in [-0.3, -0.25) is 9.48 Å². The molecule has 0 atom stereocenters. The van der Waals surface area contributed by atoms with Gasteiger partial charge in [0.25, 0.3) is 5.91 Å². The Kier molecular flexibility index (Phi) is 2.97. The van der Waals surface area contributed by atoms with Crippen LogP contribution < -0.4 is 5.73 Å². The highest BCUT2D eigenvalue weighted by atomic mass is 16.5. The molecule has 0 aliphatic heterocycles. The summed E-state index contributed by atoms with van der Waals surface area (Å²) in [6.07, 6.45) is 0.582. The van der Waals surface area contributed by atoms with Gasteiger partial charge in [0.15, 0.2) is 5.69 Å². The normalized spacial score (nSPS) is 10.3. The molecular weight excluding hydrogens is 172 g/mol. The van der Waals surface area contributed by atoms with E-state index < -0.39 is 5.91 Å². The fourth-order valence-electron chi connectivity index (χ4n) is 1.05. The first-order valence-electron chi connectivity index (χ1n) is 3.84. The zero-order chi connectivity index (χ0) is 9.84. The van der Waals surface area contributed by atoms with Gasteiger partial charge in [0.1, 0.15) is 0 Å². The molecule has 1 rings (SSSR count). The van der Waals surface area contributed by atoms with Gasteiger partial charge in [0.05, 0.1) is 12.3 Å². The lowest BCUT2D eigenvalue weighted by Crippen LogP contribution is -2.15. The maximum absolute atomic E-state index is 10.9. The molecule has 0 aliphatic carbocycles. The summed E-state index contributed by atoms with van der Waals surface area (Å²) in [6, 6.07) is 0. The molecule has 1 heterocycles. The lowest BCUT2D eigenvalue weighted by atomic mass is 10.2. The number of carbonyl (C=O) groups is 1. The first-order chi connectivity index (χ1) is 6.16. The van der Waals surface area contributed by atoms with Crippen molar-refractivity contribution in [2.45, 2.75) is 6.42 Å². The average molecular weight is 184 g/mol. The van der Waals surface area contributed by atoms with E-state index in [2.05, 4.69) is 10.3 Å². The molecule has 1 aromatic heterocycles. The molecule has 1 aromatic rings. The molecule has 0 radical (unpaired) electrons. The van der Waals surface area contributed by atoms with Crippen LogP contribution in [0.25, 0.3) is 0 Å². The molecular formula is C7H12N4O2. The van der Waals surface area contributed by atoms with Crippen LogP contribution in [0.1, 0.15) is 16.2 Å². The van der Waals surface area contributed by atoms with Crippen molar-refractivity contribution in [3.63, 3.8) is 0 Å². The van der Waals surface area contributed by atoms with Crippen molar-refractivity contribution in [1.82, 2.24) is 15.0 Å². The van der Waals surface area contributed by atoms with Crippen molar-refractivity contribution in [2.75, 3.05) is 13.7 Å².